The lowest BCUT2D eigenvalue weighted by atomic mass is 10.1. The molecule has 18 heavy (non-hydrogen) atoms. The molecule has 0 aromatic heterocycles. The predicted molar refractivity (Wildman–Crippen MR) is 66.9 cm³/mol. The lowest BCUT2D eigenvalue weighted by Crippen LogP contribution is -2.41. The third kappa shape index (κ3) is 6.67. The standard InChI is InChI=1S/C12H20N2O4/c1-4-5-6-10(15)13-9(12(17)18)7-8-11(16)14(2)3/h4,9H,1,5-8H2,2-3H3,(H,13,15)(H,17,18)/t9-/m0/s1. The fraction of sp³-hybridized carbons (Fsp3) is 0.583. The smallest absolute Gasteiger partial charge is 0.326 e. The summed E-state index contributed by atoms with van der Waals surface area (Å²) in [7, 11) is 3.20. The Hall–Kier alpha value is -1.85. The highest BCUT2D eigenvalue weighted by Crippen LogP contribution is 2.01. The number of hydrogen-bond acceptors (Lipinski definition) is 3. The van der Waals surface area contributed by atoms with Gasteiger partial charge in [0, 0.05) is 26.9 Å². The largest absolute Gasteiger partial charge is 0.480 e. The highest BCUT2D eigenvalue weighted by molar-refractivity contribution is 5.84. The van der Waals surface area contributed by atoms with Gasteiger partial charge in [0.1, 0.15) is 6.04 Å². The molecule has 0 saturated heterocycles. The Morgan fingerprint density at radius 1 is 1.33 bits per heavy atom. The third-order valence-corrected chi connectivity index (χ3v) is 2.35. The molecule has 2 amide bonds. The van der Waals surface area contributed by atoms with Crippen LogP contribution in [0.5, 0.6) is 0 Å². The quantitative estimate of drug-likeness (QED) is 0.615. The monoisotopic (exact) mass is 256 g/mol. The van der Waals surface area contributed by atoms with Crippen LogP contribution in [-0.4, -0.2) is 47.9 Å². The lowest BCUT2D eigenvalue weighted by molar-refractivity contribution is -0.142. The first-order valence-electron chi connectivity index (χ1n) is 5.71. The first-order valence-corrected chi connectivity index (χ1v) is 5.71. The Labute approximate surface area is 107 Å². The van der Waals surface area contributed by atoms with Crippen molar-refractivity contribution in [2.45, 2.75) is 31.7 Å². The molecule has 6 nitrogen and oxygen atoms in total. The van der Waals surface area contributed by atoms with Crippen LogP contribution in [0.4, 0.5) is 0 Å². The van der Waals surface area contributed by atoms with E-state index < -0.39 is 12.0 Å². The second-order valence-corrected chi connectivity index (χ2v) is 4.11. The van der Waals surface area contributed by atoms with Crippen molar-refractivity contribution in [2.75, 3.05) is 14.1 Å². The fourth-order valence-electron chi connectivity index (χ4n) is 1.25. The van der Waals surface area contributed by atoms with Crippen LogP contribution in [0.15, 0.2) is 12.7 Å². The molecule has 102 valence electrons. The Balaban J connectivity index is 4.23. The summed E-state index contributed by atoms with van der Waals surface area (Å²) < 4.78 is 0. The maximum absolute atomic E-state index is 11.4. The maximum atomic E-state index is 11.4. The molecule has 2 N–H and O–H groups in total. The molecule has 0 aliphatic carbocycles. The highest BCUT2D eigenvalue weighted by atomic mass is 16.4. The Bertz CT molecular complexity index is 326. The van der Waals surface area contributed by atoms with Crippen molar-refractivity contribution in [3.8, 4) is 0 Å². The van der Waals surface area contributed by atoms with Crippen LogP contribution in [0, 0.1) is 0 Å². The molecular weight excluding hydrogens is 236 g/mol. The van der Waals surface area contributed by atoms with Crippen LogP contribution in [0.2, 0.25) is 0 Å². The summed E-state index contributed by atoms with van der Waals surface area (Å²) in [4.78, 5) is 35.0. The molecule has 0 heterocycles. The van der Waals surface area contributed by atoms with Gasteiger partial charge in [-0.25, -0.2) is 4.79 Å². The van der Waals surface area contributed by atoms with Crippen LogP contribution >= 0.6 is 0 Å². The fourth-order valence-corrected chi connectivity index (χ4v) is 1.25. The number of allylic oxidation sites excluding steroid dienone is 1. The topological polar surface area (TPSA) is 86.7 Å². The first-order chi connectivity index (χ1) is 8.38. The molecule has 0 bridgehead atoms. The predicted octanol–water partition coefficient (Wildman–Crippen LogP) is 0.390. The number of carboxylic acids is 1. The highest BCUT2D eigenvalue weighted by Gasteiger charge is 2.20. The average Bonchev–Trinajstić information content (AvgIpc) is 2.30. The van der Waals surface area contributed by atoms with Crippen molar-refractivity contribution in [1.82, 2.24) is 10.2 Å². The van der Waals surface area contributed by atoms with Gasteiger partial charge < -0.3 is 15.3 Å². The summed E-state index contributed by atoms with van der Waals surface area (Å²) in [6.45, 7) is 3.48. The summed E-state index contributed by atoms with van der Waals surface area (Å²) in [5.74, 6) is -1.64. The van der Waals surface area contributed by atoms with E-state index in [2.05, 4.69) is 11.9 Å². The summed E-state index contributed by atoms with van der Waals surface area (Å²) in [6.07, 6.45) is 2.46. The number of rotatable bonds is 8. The van der Waals surface area contributed by atoms with E-state index in [-0.39, 0.29) is 31.1 Å². The van der Waals surface area contributed by atoms with Gasteiger partial charge in [-0.3, -0.25) is 9.59 Å². The molecule has 0 unspecified atom stereocenters. The maximum Gasteiger partial charge on any atom is 0.326 e. The summed E-state index contributed by atoms with van der Waals surface area (Å²) in [6, 6.07) is -1.02. The molecule has 1 atom stereocenters. The molecule has 0 spiro atoms. The molecule has 6 heteroatoms. The minimum absolute atomic E-state index is 0.0890. The number of aliphatic carboxylic acids is 1. The molecule has 0 aromatic carbocycles. The molecule has 0 aliphatic rings. The zero-order chi connectivity index (χ0) is 14.1. The minimum Gasteiger partial charge on any atom is -0.480 e. The summed E-state index contributed by atoms with van der Waals surface area (Å²) in [5, 5.41) is 11.3. The molecule has 0 aliphatic heterocycles. The van der Waals surface area contributed by atoms with Gasteiger partial charge in [-0.1, -0.05) is 6.08 Å². The van der Waals surface area contributed by atoms with Gasteiger partial charge in [0.15, 0.2) is 0 Å². The van der Waals surface area contributed by atoms with E-state index in [1.807, 2.05) is 0 Å². The minimum atomic E-state index is -1.13. The van der Waals surface area contributed by atoms with Crippen LogP contribution in [0.25, 0.3) is 0 Å². The van der Waals surface area contributed by atoms with Gasteiger partial charge in [0.2, 0.25) is 11.8 Å². The van der Waals surface area contributed by atoms with Crippen LogP contribution < -0.4 is 5.32 Å². The number of carboxylic acid groups (broad SMARTS) is 1. The first kappa shape index (κ1) is 16.1. The number of nitrogens with zero attached hydrogens (tertiary/aromatic N) is 1. The van der Waals surface area contributed by atoms with E-state index in [9.17, 15) is 14.4 Å². The van der Waals surface area contributed by atoms with Crippen molar-refractivity contribution in [3.63, 3.8) is 0 Å². The number of amides is 2. The number of nitrogens with one attached hydrogen (secondary N) is 1. The van der Waals surface area contributed by atoms with Crippen LogP contribution in [0.1, 0.15) is 25.7 Å². The van der Waals surface area contributed by atoms with Gasteiger partial charge in [0.25, 0.3) is 0 Å². The Morgan fingerprint density at radius 3 is 2.39 bits per heavy atom. The number of carbonyl (C=O) groups is 3. The molecule has 0 saturated carbocycles. The molecule has 0 fully saturated rings. The summed E-state index contributed by atoms with van der Waals surface area (Å²) in [5.41, 5.74) is 0. The van der Waals surface area contributed by atoms with Gasteiger partial charge in [0.05, 0.1) is 0 Å². The van der Waals surface area contributed by atoms with E-state index in [0.29, 0.717) is 6.42 Å². The Kier molecular flexibility index (Phi) is 7.42. The number of hydrogen-bond donors (Lipinski definition) is 2. The molecule has 0 radical (unpaired) electrons. The van der Waals surface area contributed by atoms with E-state index in [0.717, 1.165) is 0 Å². The molecule has 0 aromatic rings. The average molecular weight is 256 g/mol. The molecular formula is C12H20N2O4. The van der Waals surface area contributed by atoms with Gasteiger partial charge >= 0.3 is 5.97 Å². The van der Waals surface area contributed by atoms with Crippen molar-refractivity contribution < 1.29 is 19.5 Å². The zero-order valence-electron chi connectivity index (χ0n) is 10.8. The van der Waals surface area contributed by atoms with Crippen molar-refractivity contribution in [2.24, 2.45) is 0 Å². The second kappa shape index (κ2) is 8.27. The van der Waals surface area contributed by atoms with E-state index in [1.54, 1.807) is 20.2 Å². The molecule has 0 rings (SSSR count). The van der Waals surface area contributed by atoms with Gasteiger partial charge in [-0.15, -0.1) is 6.58 Å². The SMILES string of the molecule is C=CCCC(=O)N[C@@H](CCC(=O)N(C)C)C(=O)O. The van der Waals surface area contributed by atoms with E-state index in [1.165, 1.54) is 4.90 Å². The number of carbonyl (C=O) groups excluding carboxylic acids is 2. The van der Waals surface area contributed by atoms with Gasteiger partial charge in [-0.05, 0) is 12.8 Å². The van der Waals surface area contributed by atoms with Crippen LogP contribution in [-0.2, 0) is 14.4 Å². The van der Waals surface area contributed by atoms with Gasteiger partial charge in [-0.2, -0.15) is 0 Å². The second-order valence-electron chi connectivity index (χ2n) is 4.11. The normalized spacial score (nSPS) is 11.4. The zero-order valence-corrected chi connectivity index (χ0v) is 10.8. The van der Waals surface area contributed by atoms with E-state index in [4.69, 9.17) is 5.11 Å². The third-order valence-electron chi connectivity index (χ3n) is 2.35. The summed E-state index contributed by atoms with van der Waals surface area (Å²) >= 11 is 0. The Morgan fingerprint density at radius 2 is 1.94 bits per heavy atom. The van der Waals surface area contributed by atoms with Crippen molar-refractivity contribution in [3.05, 3.63) is 12.7 Å². The lowest BCUT2D eigenvalue weighted by Gasteiger charge is -2.15. The van der Waals surface area contributed by atoms with Crippen LogP contribution in [0.3, 0.4) is 0 Å². The van der Waals surface area contributed by atoms with Crippen molar-refractivity contribution in [1.29, 1.82) is 0 Å². The van der Waals surface area contributed by atoms with Crippen molar-refractivity contribution >= 4 is 17.8 Å². The van der Waals surface area contributed by atoms with E-state index >= 15 is 0 Å².